The smallest absolute Gasteiger partial charge is 0.137 e. The molecule has 4 aromatic heterocycles. The fourth-order valence-corrected chi connectivity index (χ4v) is 5.70. The molecule has 2 aliphatic rings. The maximum atomic E-state index is 14.3. The molecule has 3 atom stereocenters. The van der Waals surface area contributed by atoms with Crippen molar-refractivity contribution in [2.24, 2.45) is 5.92 Å². The number of fused-ring (bicyclic) bond motifs is 2. The van der Waals surface area contributed by atoms with Crippen LogP contribution in [0.25, 0.3) is 38.9 Å². The molecule has 0 radical (unpaired) electrons. The SMILES string of the molecule is FC1=CC=CC(F)C1CN1CCC[C@@H](c2cn(-c3ccc4[nH]nc(-c5ccnc6[nH]ccc56)c4c3)nn2)C1. The number of likely N-dealkylation sites (tertiary alicyclic amines) is 1. The fourth-order valence-electron chi connectivity index (χ4n) is 5.70. The number of rotatable bonds is 5. The number of aromatic nitrogens is 7. The maximum absolute atomic E-state index is 14.3. The van der Waals surface area contributed by atoms with Crippen LogP contribution in [-0.4, -0.2) is 65.9 Å². The second-order valence-corrected chi connectivity index (χ2v) is 10.1. The molecule has 8 nitrogen and oxygen atoms in total. The van der Waals surface area contributed by atoms with E-state index in [4.69, 9.17) is 0 Å². The Morgan fingerprint density at radius 3 is 3.00 bits per heavy atom. The van der Waals surface area contributed by atoms with Crippen LogP contribution in [0.2, 0.25) is 0 Å². The maximum Gasteiger partial charge on any atom is 0.137 e. The van der Waals surface area contributed by atoms with Crippen LogP contribution in [-0.2, 0) is 0 Å². The molecule has 0 spiro atoms. The van der Waals surface area contributed by atoms with Gasteiger partial charge in [0, 0.05) is 47.7 Å². The molecule has 5 aromatic rings. The normalized spacial score (nSPS) is 22.4. The lowest BCUT2D eigenvalue weighted by molar-refractivity contribution is 0.148. The highest BCUT2D eigenvalue weighted by Gasteiger charge is 2.31. The monoisotopic (exact) mass is 512 g/mol. The Kier molecular flexibility index (Phi) is 5.61. The first-order chi connectivity index (χ1) is 18.6. The van der Waals surface area contributed by atoms with Gasteiger partial charge in [-0.2, -0.15) is 5.10 Å². The van der Waals surface area contributed by atoms with Crippen molar-refractivity contribution in [2.45, 2.75) is 24.9 Å². The first kappa shape index (κ1) is 23.0. The molecule has 0 bridgehead atoms. The Hall–Kier alpha value is -4.18. The summed E-state index contributed by atoms with van der Waals surface area (Å²) in [5.41, 5.74) is 5.36. The highest BCUT2D eigenvalue weighted by molar-refractivity contribution is 6.02. The molecule has 1 fully saturated rings. The first-order valence-corrected chi connectivity index (χ1v) is 12.9. The van der Waals surface area contributed by atoms with Crippen molar-refractivity contribution < 1.29 is 8.78 Å². The lowest BCUT2D eigenvalue weighted by Gasteiger charge is -2.34. The lowest BCUT2D eigenvalue weighted by atomic mass is 9.92. The zero-order valence-corrected chi connectivity index (χ0v) is 20.6. The number of nitrogens with one attached hydrogen (secondary N) is 2. The second kappa shape index (κ2) is 9.29. The standard InChI is InChI=1S/C28H26F2N8/c29-23-4-1-5-24(30)22(23)15-37-12-2-3-17(14-37)26-16-38(36-34-26)18-6-7-25-21(13-18)27(35-33-25)19-8-10-31-28-20(19)9-11-32-28/h1,4-11,13,16-17,22-23H,2-3,12,14-15H2,(H,31,32)(H,33,35)/t17-,22?,23?/m1/s1. The van der Waals surface area contributed by atoms with Gasteiger partial charge in [0.25, 0.3) is 0 Å². The van der Waals surface area contributed by atoms with E-state index in [0.717, 1.165) is 64.0 Å². The predicted molar refractivity (Wildman–Crippen MR) is 141 cm³/mol. The minimum atomic E-state index is -1.29. The fraction of sp³-hybridized carbons (Fsp3) is 0.286. The number of piperidine rings is 1. The predicted octanol–water partition coefficient (Wildman–Crippen LogP) is 5.24. The number of nitrogens with zero attached hydrogens (tertiary/aromatic N) is 6. The molecule has 5 heterocycles. The summed E-state index contributed by atoms with van der Waals surface area (Å²) in [7, 11) is 0. The summed E-state index contributed by atoms with van der Waals surface area (Å²) < 4.78 is 30.4. The summed E-state index contributed by atoms with van der Waals surface area (Å²) >= 11 is 0. The number of H-pyrrole nitrogens is 2. The highest BCUT2D eigenvalue weighted by Crippen LogP contribution is 2.33. The van der Waals surface area contributed by atoms with E-state index >= 15 is 0 Å². The van der Waals surface area contributed by atoms with Gasteiger partial charge < -0.3 is 9.88 Å². The van der Waals surface area contributed by atoms with Crippen LogP contribution in [0.4, 0.5) is 8.78 Å². The van der Waals surface area contributed by atoms with E-state index in [-0.39, 0.29) is 11.7 Å². The Bertz CT molecular complexity index is 1680. The van der Waals surface area contributed by atoms with Gasteiger partial charge in [0.2, 0.25) is 0 Å². The highest BCUT2D eigenvalue weighted by atomic mass is 19.1. The summed E-state index contributed by atoms with van der Waals surface area (Å²) in [5.74, 6) is -0.960. The number of aromatic amines is 2. The van der Waals surface area contributed by atoms with Crippen molar-refractivity contribution in [2.75, 3.05) is 19.6 Å². The third kappa shape index (κ3) is 4.01. The molecule has 0 amide bonds. The molecule has 7 rings (SSSR count). The largest absolute Gasteiger partial charge is 0.346 e. The van der Waals surface area contributed by atoms with E-state index in [1.165, 1.54) is 18.2 Å². The van der Waals surface area contributed by atoms with Crippen LogP contribution in [0.15, 0.2) is 73.0 Å². The molecule has 1 aromatic carbocycles. The van der Waals surface area contributed by atoms with Gasteiger partial charge in [-0.3, -0.25) is 5.10 Å². The molecule has 1 aliphatic carbocycles. The number of benzene rings is 1. The average molecular weight is 513 g/mol. The molecule has 1 aliphatic heterocycles. The summed E-state index contributed by atoms with van der Waals surface area (Å²) in [6.07, 6.45) is 10.5. The number of halogens is 2. The van der Waals surface area contributed by atoms with Gasteiger partial charge in [-0.25, -0.2) is 18.4 Å². The molecular weight excluding hydrogens is 486 g/mol. The summed E-state index contributed by atoms with van der Waals surface area (Å²) in [5, 5.41) is 18.6. The molecule has 10 heteroatoms. The Labute approximate surface area is 217 Å². The molecule has 2 N–H and O–H groups in total. The molecule has 1 saturated heterocycles. The van der Waals surface area contributed by atoms with Crippen molar-refractivity contribution in [1.82, 2.24) is 40.1 Å². The van der Waals surface area contributed by atoms with Crippen molar-refractivity contribution in [3.63, 3.8) is 0 Å². The number of allylic oxidation sites excluding steroid dienone is 3. The molecule has 2 unspecified atom stereocenters. The van der Waals surface area contributed by atoms with Gasteiger partial charge in [-0.1, -0.05) is 11.3 Å². The third-order valence-corrected chi connectivity index (χ3v) is 7.71. The zero-order chi connectivity index (χ0) is 25.6. The molecular formula is C28H26F2N8. The zero-order valence-electron chi connectivity index (χ0n) is 20.6. The Morgan fingerprint density at radius 2 is 2.08 bits per heavy atom. The van der Waals surface area contributed by atoms with Crippen LogP contribution in [0.3, 0.4) is 0 Å². The van der Waals surface area contributed by atoms with E-state index in [9.17, 15) is 8.78 Å². The Balaban J connectivity index is 1.14. The number of hydrogen-bond acceptors (Lipinski definition) is 5. The van der Waals surface area contributed by atoms with E-state index in [0.29, 0.717) is 13.1 Å². The van der Waals surface area contributed by atoms with Gasteiger partial charge in [-0.15, -0.1) is 5.10 Å². The molecule has 192 valence electrons. The van der Waals surface area contributed by atoms with Gasteiger partial charge in [0.15, 0.2) is 0 Å². The quantitative estimate of drug-likeness (QED) is 0.336. The minimum absolute atomic E-state index is 0.161. The van der Waals surface area contributed by atoms with E-state index in [2.05, 4.69) is 41.4 Å². The topological polar surface area (TPSA) is 91.3 Å². The van der Waals surface area contributed by atoms with E-state index in [1.54, 1.807) is 10.9 Å². The van der Waals surface area contributed by atoms with Gasteiger partial charge in [0.05, 0.1) is 29.0 Å². The van der Waals surface area contributed by atoms with Crippen LogP contribution in [0.1, 0.15) is 24.5 Å². The number of alkyl halides is 1. The van der Waals surface area contributed by atoms with Gasteiger partial charge in [0.1, 0.15) is 23.3 Å². The summed E-state index contributed by atoms with van der Waals surface area (Å²) in [6.45, 7) is 1.90. The van der Waals surface area contributed by atoms with Crippen LogP contribution >= 0.6 is 0 Å². The van der Waals surface area contributed by atoms with Crippen molar-refractivity contribution >= 4 is 21.9 Å². The van der Waals surface area contributed by atoms with E-state index < -0.39 is 12.1 Å². The van der Waals surface area contributed by atoms with Gasteiger partial charge in [-0.05, 0) is 61.9 Å². The summed E-state index contributed by atoms with van der Waals surface area (Å²) in [6, 6.07) is 10.0. The van der Waals surface area contributed by atoms with Crippen LogP contribution < -0.4 is 0 Å². The van der Waals surface area contributed by atoms with Crippen molar-refractivity contribution in [3.05, 3.63) is 78.7 Å². The number of pyridine rings is 1. The molecule has 38 heavy (non-hydrogen) atoms. The summed E-state index contributed by atoms with van der Waals surface area (Å²) in [4.78, 5) is 9.69. The van der Waals surface area contributed by atoms with Crippen LogP contribution in [0, 0.1) is 5.92 Å². The van der Waals surface area contributed by atoms with Crippen molar-refractivity contribution in [3.8, 4) is 16.9 Å². The van der Waals surface area contributed by atoms with E-state index in [1.807, 2.05) is 36.7 Å². The second-order valence-electron chi connectivity index (χ2n) is 10.1. The number of hydrogen-bond donors (Lipinski definition) is 2. The third-order valence-electron chi connectivity index (χ3n) is 7.71. The van der Waals surface area contributed by atoms with Crippen molar-refractivity contribution in [1.29, 1.82) is 0 Å². The molecule has 0 saturated carbocycles. The first-order valence-electron chi connectivity index (χ1n) is 12.9. The van der Waals surface area contributed by atoms with Crippen LogP contribution in [0.5, 0.6) is 0 Å². The lowest BCUT2D eigenvalue weighted by Crippen LogP contribution is -2.40. The average Bonchev–Trinajstić information content (AvgIpc) is 3.70. The van der Waals surface area contributed by atoms with Gasteiger partial charge >= 0.3 is 0 Å². The minimum Gasteiger partial charge on any atom is -0.346 e. The Morgan fingerprint density at radius 1 is 1.13 bits per heavy atom.